The number of rotatable bonds is 17. The van der Waals surface area contributed by atoms with Crippen LogP contribution < -0.4 is 9.47 Å². The molecule has 2 saturated heterocycles. The Labute approximate surface area is 279 Å². The minimum atomic E-state index is -1.00. The van der Waals surface area contributed by atoms with Gasteiger partial charge in [0.25, 0.3) is 0 Å². The average Bonchev–Trinajstić information content (AvgIpc) is 3.97. The quantitative estimate of drug-likeness (QED) is 0.0851. The van der Waals surface area contributed by atoms with Gasteiger partial charge in [-0.05, 0) is 92.0 Å². The molecule has 2 heterocycles. The van der Waals surface area contributed by atoms with Crippen LogP contribution in [0.1, 0.15) is 82.1 Å². The maximum atomic E-state index is 6.30. The van der Waals surface area contributed by atoms with Gasteiger partial charge in [-0.1, -0.05) is 106 Å². The minimum absolute atomic E-state index is 0.118. The molecule has 2 aliphatic heterocycles. The standard InChI is InChI=1S/C41H48O6/c1-6-28-42-40(31(4)44-40)46-37-22-18-35(19-23-37)39(27-26-33-14-10-8-11-15-33,30(3)34-16-12-9-13-17-34)36-20-24-38(25-21-36)47-41(32(5)45-41)43-29-7-2/h8-25,30-32H,6-7,26-29H2,1-5H3. The van der Waals surface area contributed by atoms with Gasteiger partial charge in [0.1, 0.15) is 11.5 Å². The van der Waals surface area contributed by atoms with E-state index in [0.717, 1.165) is 37.2 Å². The summed E-state index contributed by atoms with van der Waals surface area (Å²) in [7, 11) is 0. The Kier molecular flexibility index (Phi) is 10.0. The summed E-state index contributed by atoms with van der Waals surface area (Å²) in [5.41, 5.74) is 4.62. The number of ether oxygens (including phenoxy) is 6. The van der Waals surface area contributed by atoms with Gasteiger partial charge in [-0.15, -0.1) is 0 Å². The molecule has 5 atom stereocenters. The van der Waals surface area contributed by atoms with Gasteiger partial charge in [0.15, 0.2) is 12.2 Å². The normalized spacial score (nSPS) is 25.0. The number of benzene rings is 4. The Balaban J connectivity index is 1.38. The zero-order valence-corrected chi connectivity index (χ0v) is 28.3. The highest BCUT2D eigenvalue weighted by Gasteiger charge is 2.60. The lowest BCUT2D eigenvalue weighted by molar-refractivity contribution is -0.174. The molecule has 0 aliphatic carbocycles. The molecule has 0 radical (unpaired) electrons. The van der Waals surface area contributed by atoms with E-state index >= 15 is 0 Å². The lowest BCUT2D eigenvalue weighted by Crippen LogP contribution is -2.35. The molecule has 2 fully saturated rings. The lowest BCUT2D eigenvalue weighted by Gasteiger charge is -2.41. The van der Waals surface area contributed by atoms with Gasteiger partial charge in [0, 0.05) is 5.41 Å². The summed E-state index contributed by atoms with van der Waals surface area (Å²) in [6.45, 7) is 11.6. The number of hydrogen-bond acceptors (Lipinski definition) is 6. The molecule has 5 unspecified atom stereocenters. The topological polar surface area (TPSA) is 62.0 Å². The van der Waals surface area contributed by atoms with Crippen LogP contribution in [0.2, 0.25) is 0 Å². The van der Waals surface area contributed by atoms with Crippen LogP contribution in [-0.2, 0) is 30.8 Å². The van der Waals surface area contributed by atoms with Gasteiger partial charge in [-0.2, -0.15) is 0 Å². The van der Waals surface area contributed by atoms with Crippen molar-refractivity contribution in [2.24, 2.45) is 0 Å². The van der Waals surface area contributed by atoms with Crippen molar-refractivity contribution in [3.63, 3.8) is 0 Å². The van der Waals surface area contributed by atoms with E-state index in [1.807, 2.05) is 38.1 Å². The molecule has 4 aromatic carbocycles. The number of epoxide rings is 2. The van der Waals surface area contributed by atoms with E-state index in [-0.39, 0.29) is 23.5 Å². The zero-order chi connectivity index (χ0) is 32.9. The van der Waals surface area contributed by atoms with E-state index in [9.17, 15) is 0 Å². The van der Waals surface area contributed by atoms with Crippen LogP contribution in [0, 0.1) is 0 Å². The fraction of sp³-hybridized carbons (Fsp3) is 0.415. The smallest absolute Gasteiger partial charge is 0.355 e. The molecule has 6 nitrogen and oxygen atoms in total. The lowest BCUT2D eigenvalue weighted by atomic mass is 9.61. The summed E-state index contributed by atoms with van der Waals surface area (Å²) < 4.78 is 36.0. The fourth-order valence-corrected chi connectivity index (χ4v) is 6.64. The summed E-state index contributed by atoms with van der Waals surface area (Å²) in [5, 5.41) is 0. The van der Waals surface area contributed by atoms with Crippen molar-refractivity contribution < 1.29 is 28.4 Å². The first-order chi connectivity index (χ1) is 22.8. The molecular weight excluding hydrogens is 588 g/mol. The van der Waals surface area contributed by atoms with Crippen molar-refractivity contribution in [2.75, 3.05) is 13.2 Å². The van der Waals surface area contributed by atoms with Crippen LogP contribution >= 0.6 is 0 Å². The first-order valence-corrected chi connectivity index (χ1v) is 17.2. The van der Waals surface area contributed by atoms with E-state index < -0.39 is 11.9 Å². The molecule has 47 heavy (non-hydrogen) atoms. The highest BCUT2D eigenvalue weighted by atomic mass is 17.0. The predicted octanol–water partition coefficient (Wildman–Crippen LogP) is 9.17. The summed E-state index contributed by atoms with van der Waals surface area (Å²) >= 11 is 0. The molecule has 0 bridgehead atoms. The molecule has 248 valence electrons. The summed E-state index contributed by atoms with van der Waals surface area (Å²) in [6, 6.07) is 38.6. The maximum Gasteiger partial charge on any atom is 0.355 e. The first kappa shape index (κ1) is 33.2. The summed E-state index contributed by atoms with van der Waals surface area (Å²) in [6.07, 6.45) is 3.35. The fourth-order valence-electron chi connectivity index (χ4n) is 6.64. The Morgan fingerprint density at radius 1 is 0.638 bits per heavy atom. The van der Waals surface area contributed by atoms with E-state index in [2.05, 4.69) is 106 Å². The van der Waals surface area contributed by atoms with E-state index in [1.54, 1.807) is 0 Å². The molecule has 4 aromatic rings. The minimum Gasteiger partial charge on any atom is -0.437 e. The van der Waals surface area contributed by atoms with Crippen LogP contribution in [-0.4, -0.2) is 37.4 Å². The molecular formula is C41H48O6. The van der Waals surface area contributed by atoms with Crippen LogP contribution in [0.5, 0.6) is 11.5 Å². The average molecular weight is 637 g/mol. The van der Waals surface area contributed by atoms with Gasteiger partial charge in [-0.3, -0.25) is 0 Å². The van der Waals surface area contributed by atoms with E-state index in [4.69, 9.17) is 28.4 Å². The van der Waals surface area contributed by atoms with Gasteiger partial charge >= 0.3 is 11.9 Å². The van der Waals surface area contributed by atoms with E-state index in [1.165, 1.54) is 22.3 Å². The van der Waals surface area contributed by atoms with Crippen LogP contribution in [0.25, 0.3) is 0 Å². The van der Waals surface area contributed by atoms with Crippen LogP contribution in [0.4, 0.5) is 0 Å². The molecule has 0 spiro atoms. The second-order valence-corrected chi connectivity index (χ2v) is 12.8. The number of aryl methyl sites for hydroxylation is 1. The molecule has 0 aromatic heterocycles. The molecule has 6 rings (SSSR count). The van der Waals surface area contributed by atoms with Crippen molar-refractivity contribution in [3.05, 3.63) is 131 Å². The monoisotopic (exact) mass is 636 g/mol. The Hall–Kier alpha value is -3.68. The van der Waals surface area contributed by atoms with Gasteiger partial charge in [0.2, 0.25) is 0 Å². The molecule has 6 heteroatoms. The Morgan fingerprint density at radius 3 is 1.47 bits per heavy atom. The Bertz CT molecular complexity index is 1480. The SMILES string of the molecule is CCCOC1(Oc2ccc(C(CCc3ccccc3)(c3ccc(OC4(OCCC)OC4C)cc3)C(C)c3ccccc3)cc2)OC1C. The molecule has 0 N–H and O–H groups in total. The van der Waals surface area contributed by atoms with Gasteiger partial charge in [0.05, 0.1) is 13.2 Å². The van der Waals surface area contributed by atoms with E-state index in [0.29, 0.717) is 13.2 Å². The predicted molar refractivity (Wildman–Crippen MR) is 184 cm³/mol. The number of hydrogen-bond donors (Lipinski definition) is 0. The zero-order valence-electron chi connectivity index (χ0n) is 28.3. The van der Waals surface area contributed by atoms with Gasteiger partial charge < -0.3 is 28.4 Å². The highest BCUT2D eigenvalue weighted by molar-refractivity contribution is 5.48. The third-order valence-corrected chi connectivity index (χ3v) is 9.53. The molecule has 0 amide bonds. The third kappa shape index (κ3) is 7.12. The first-order valence-electron chi connectivity index (χ1n) is 17.2. The summed E-state index contributed by atoms with van der Waals surface area (Å²) in [4.78, 5) is 0. The maximum absolute atomic E-state index is 6.30. The molecule has 0 saturated carbocycles. The Morgan fingerprint density at radius 2 is 1.06 bits per heavy atom. The summed E-state index contributed by atoms with van der Waals surface area (Å²) in [5.74, 6) is -0.425. The highest BCUT2D eigenvalue weighted by Crippen LogP contribution is 2.49. The van der Waals surface area contributed by atoms with Gasteiger partial charge in [-0.25, -0.2) is 0 Å². The van der Waals surface area contributed by atoms with Crippen molar-refractivity contribution in [1.29, 1.82) is 0 Å². The van der Waals surface area contributed by atoms with Crippen LogP contribution in [0.15, 0.2) is 109 Å². The van der Waals surface area contributed by atoms with Crippen molar-refractivity contribution in [1.82, 2.24) is 0 Å². The third-order valence-electron chi connectivity index (χ3n) is 9.53. The largest absolute Gasteiger partial charge is 0.437 e. The van der Waals surface area contributed by atoms with Crippen LogP contribution in [0.3, 0.4) is 0 Å². The second kappa shape index (κ2) is 14.2. The molecule has 2 aliphatic rings. The van der Waals surface area contributed by atoms with Crippen molar-refractivity contribution >= 4 is 0 Å². The van der Waals surface area contributed by atoms with Crippen molar-refractivity contribution in [3.8, 4) is 11.5 Å². The second-order valence-electron chi connectivity index (χ2n) is 12.8. The van der Waals surface area contributed by atoms with Crippen molar-refractivity contribution in [2.45, 2.75) is 95.8 Å².